The van der Waals surface area contributed by atoms with Crippen molar-refractivity contribution < 1.29 is 9.53 Å². The van der Waals surface area contributed by atoms with Gasteiger partial charge >= 0.3 is 5.69 Å². The van der Waals surface area contributed by atoms with Crippen LogP contribution in [0.2, 0.25) is 0 Å². The second-order valence-corrected chi connectivity index (χ2v) is 4.78. The quantitative estimate of drug-likeness (QED) is 0.743. The molecule has 1 amide bonds. The molecule has 20 heavy (non-hydrogen) atoms. The molecule has 1 saturated heterocycles. The van der Waals surface area contributed by atoms with Crippen molar-refractivity contribution in [2.75, 3.05) is 38.2 Å². The largest absolute Gasteiger partial charge is 0.379 e. The fourth-order valence-corrected chi connectivity index (χ4v) is 2.27. The Kier molecular flexibility index (Phi) is 3.53. The third-order valence-corrected chi connectivity index (χ3v) is 3.27. The van der Waals surface area contributed by atoms with E-state index in [1.807, 2.05) is 0 Å². The van der Waals surface area contributed by atoms with E-state index >= 15 is 0 Å². The van der Waals surface area contributed by atoms with Crippen LogP contribution < -0.4 is 11.0 Å². The van der Waals surface area contributed by atoms with Gasteiger partial charge in [0.2, 0.25) is 5.91 Å². The number of rotatable bonds is 3. The maximum atomic E-state index is 11.9. The summed E-state index contributed by atoms with van der Waals surface area (Å²) in [6, 6.07) is 5.27. The summed E-state index contributed by atoms with van der Waals surface area (Å²) >= 11 is 0. The van der Waals surface area contributed by atoms with Gasteiger partial charge in [-0.25, -0.2) is 4.79 Å². The molecule has 0 bridgehead atoms. The van der Waals surface area contributed by atoms with Crippen LogP contribution in [0.1, 0.15) is 0 Å². The Labute approximate surface area is 114 Å². The van der Waals surface area contributed by atoms with Crippen LogP contribution in [0.15, 0.2) is 23.0 Å². The number of fused-ring (bicyclic) bond motifs is 1. The first-order valence-electron chi connectivity index (χ1n) is 6.53. The molecule has 1 fully saturated rings. The Bertz CT molecular complexity index is 670. The number of imidazole rings is 1. The van der Waals surface area contributed by atoms with Crippen molar-refractivity contribution >= 4 is 22.6 Å². The van der Waals surface area contributed by atoms with Gasteiger partial charge in [-0.2, -0.15) is 0 Å². The molecule has 1 aromatic heterocycles. The van der Waals surface area contributed by atoms with Crippen LogP contribution >= 0.6 is 0 Å². The lowest BCUT2D eigenvalue weighted by molar-refractivity contribution is -0.118. The molecule has 0 radical (unpaired) electrons. The van der Waals surface area contributed by atoms with E-state index in [0.717, 1.165) is 18.6 Å². The maximum Gasteiger partial charge on any atom is 0.323 e. The summed E-state index contributed by atoms with van der Waals surface area (Å²) in [5, 5.41) is 2.83. The van der Waals surface area contributed by atoms with Crippen LogP contribution in [0.4, 0.5) is 5.69 Å². The van der Waals surface area contributed by atoms with Crippen LogP contribution in [0.5, 0.6) is 0 Å². The summed E-state index contributed by atoms with van der Waals surface area (Å²) in [6.45, 7) is 3.24. The minimum Gasteiger partial charge on any atom is -0.379 e. The topological polar surface area (TPSA) is 90.2 Å². The van der Waals surface area contributed by atoms with E-state index in [0.29, 0.717) is 31.0 Å². The van der Waals surface area contributed by atoms with Gasteiger partial charge in [-0.3, -0.25) is 9.69 Å². The molecule has 2 heterocycles. The number of hydrogen-bond acceptors (Lipinski definition) is 4. The molecule has 0 unspecified atom stereocenters. The number of H-pyrrole nitrogens is 2. The fourth-order valence-electron chi connectivity index (χ4n) is 2.27. The highest BCUT2D eigenvalue weighted by Gasteiger charge is 2.14. The SMILES string of the molecule is O=C(CN1CCOCC1)Nc1ccc2[nH]c(=O)[nH]c2c1. The van der Waals surface area contributed by atoms with Gasteiger partial charge in [0, 0.05) is 18.8 Å². The van der Waals surface area contributed by atoms with Crippen LogP contribution in [-0.4, -0.2) is 53.6 Å². The number of anilines is 1. The number of benzene rings is 1. The predicted octanol–water partition coefficient (Wildman–Crippen LogP) is 0.127. The van der Waals surface area contributed by atoms with E-state index in [4.69, 9.17) is 4.74 Å². The van der Waals surface area contributed by atoms with Crippen molar-refractivity contribution in [2.45, 2.75) is 0 Å². The predicted molar refractivity (Wildman–Crippen MR) is 74.8 cm³/mol. The zero-order valence-electron chi connectivity index (χ0n) is 10.9. The molecule has 0 spiro atoms. The zero-order valence-corrected chi connectivity index (χ0v) is 10.9. The van der Waals surface area contributed by atoms with Crippen LogP contribution in [-0.2, 0) is 9.53 Å². The summed E-state index contributed by atoms with van der Waals surface area (Å²) in [7, 11) is 0. The Balaban J connectivity index is 1.65. The van der Waals surface area contributed by atoms with Crippen LogP contribution in [0.3, 0.4) is 0 Å². The Morgan fingerprint density at radius 3 is 2.80 bits per heavy atom. The van der Waals surface area contributed by atoms with E-state index in [-0.39, 0.29) is 11.6 Å². The normalized spacial score (nSPS) is 16.4. The van der Waals surface area contributed by atoms with Gasteiger partial charge in [-0.15, -0.1) is 0 Å². The molecule has 1 aromatic carbocycles. The van der Waals surface area contributed by atoms with Crippen molar-refractivity contribution in [1.82, 2.24) is 14.9 Å². The molecule has 1 aliphatic rings. The van der Waals surface area contributed by atoms with E-state index < -0.39 is 0 Å². The molecular weight excluding hydrogens is 260 g/mol. The minimum absolute atomic E-state index is 0.0656. The van der Waals surface area contributed by atoms with Crippen molar-refractivity contribution in [1.29, 1.82) is 0 Å². The molecule has 1 aliphatic heterocycles. The van der Waals surface area contributed by atoms with Crippen molar-refractivity contribution in [3.8, 4) is 0 Å². The number of amides is 1. The third-order valence-electron chi connectivity index (χ3n) is 3.27. The second kappa shape index (κ2) is 5.48. The van der Waals surface area contributed by atoms with Crippen LogP contribution in [0, 0.1) is 0 Å². The number of nitrogens with zero attached hydrogens (tertiary/aromatic N) is 1. The number of nitrogens with one attached hydrogen (secondary N) is 3. The molecule has 0 aliphatic carbocycles. The fraction of sp³-hybridized carbons (Fsp3) is 0.385. The molecule has 7 nitrogen and oxygen atoms in total. The number of aromatic nitrogens is 2. The van der Waals surface area contributed by atoms with E-state index in [1.165, 1.54) is 0 Å². The van der Waals surface area contributed by atoms with E-state index in [2.05, 4.69) is 20.2 Å². The average molecular weight is 276 g/mol. The Morgan fingerprint density at radius 1 is 1.25 bits per heavy atom. The highest BCUT2D eigenvalue weighted by atomic mass is 16.5. The first-order valence-corrected chi connectivity index (χ1v) is 6.53. The van der Waals surface area contributed by atoms with E-state index in [9.17, 15) is 9.59 Å². The standard InChI is InChI=1S/C13H16N4O3/c18-12(8-17-3-5-20-6-4-17)14-9-1-2-10-11(7-9)16-13(19)15-10/h1-2,7H,3-6,8H2,(H,14,18)(H2,15,16,19). The Morgan fingerprint density at radius 2 is 2.00 bits per heavy atom. The highest BCUT2D eigenvalue weighted by Crippen LogP contribution is 2.14. The smallest absolute Gasteiger partial charge is 0.323 e. The summed E-state index contributed by atoms with van der Waals surface area (Å²) in [5.74, 6) is -0.0656. The Hall–Kier alpha value is -2.12. The molecule has 0 saturated carbocycles. The molecule has 7 heteroatoms. The van der Waals surface area contributed by atoms with Gasteiger partial charge in [0.15, 0.2) is 0 Å². The number of aromatic amines is 2. The first kappa shape index (κ1) is 12.9. The molecule has 3 N–H and O–H groups in total. The minimum atomic E-state index is -0.253. The lowest BCUT2D eigenvalue weighted by atomic mass is 10.2. The van der Waals surface area contributed by atoms with E-state index in [1.54, 1.807) is 18.2 Å². The van der Waals surface area contributed by atoms with Crippen molar-refractivity contribution in [3.63, 3.8) is 0 Å². The summed E-state index contributed by atoms with van der Waals surface area (Å²) in [6.07, 6.45) is 0. The van der Waals surface area contributed by atoms with Gasteiger partial charge in [0.1, 0.15) is 0 Å². The summed E-state index contributed by atoms with van der Waals surface area (Å²) in [4.78, 5) is 30.5. The number of ether oxygens (including phenoxy) is 1. The average Bonchev–Trinajstić information content (AvgIpc) is 2.79. The highest BCUT2D eigenvalue weighted by molar-refractivity contribution is 5.94. The third kappa shape index (κ3) is 2.89. The number of hydrogen-bond donors (Lipinski definition) is 3. The van der Waals surface area contributed by atoms with Gasteiger partial charge in [-0.05, 0) is 18.2 Å². The zero-order chi connectivity index (χ0) is 13.9. The summed E-state index contributed by atoms with van der Waals surface area (Å²) < 4.78 is 5.24. The maximum absolute atomic E-state index is 11.9. The molecular formula is C13H16N4O3. The van der Waals surface area contributed by atoms with Gasteiger partial charge in [0.25, 0.3) is 0 Å². The number of morpholine rings is 1. The lowest BCUT2D eigenvalue weighted by Crippen LogP contribution is -2.41. The van der Waals surface area contributed by atoms with Gasteiger partial charge in [0.05, 0.1) is 30.8 Å². The van der Waals surface area contributed by atoms with Gasteiger partial charge in [-0.1, -0.05) is 0 Å². The molecule has 2 aromatic rings. The monoisotopic (exact) mass is 276 g/mol. The molecule has 3 rings (SSSR count). The van der Waals surface area contributed by atoms with Crippen molar-refractivity contribution in [2.24, 2.45) is 0 Å². The molecule has 106 valence electrons. The van der Waals surface area contributed by atoms with Crippen molar-refractivity contribution in [3.05, 3.63) is 28.7 Å². The number of carbonyl (C=O) groups excluding carboxylic acids is 1. The van der Waals surface area contributed by atoms with Crippen LogP contribution in [0.25, 0.3) is 11.0 Å². The second-order valence-electron chi connectivity index (χ2n) is 4.78. The first-order chi connectivity index (χ1) is 9.70. The molecule has 0 atom stereocenters. The number of carbonyl (C=O) groups is 1. The summed E-state index contributed by atoms with van der Waals surface area (Å²) in [5.41, 5.74) is 1.82. The lowest BCUT2D eigenvalue weighted by Gasteiger charge is -2.25. The van der Waals surface area contributed by atoms with Gasteiger partial charge < -0.3 is 20.0 Å².